The van der Waals surface area contributed by atoms with Crippen molar-refractivity contribution in [3.05, 3.63) is 83.0 Å². The van der Waals surface area contributed by atoms with E-state index in [1.807, 2.05) is 52.0 Å². The monoisotopic (exact) mass is 1420 g/mol. The molecule has 0 aliphatic carbocycles. The Morgan fingerprint density at radius 3 is 1.43 bits per heavy atom. The number of rotatable bonds is 16. The van der Waals surface area contributed by atoms with Gasteiger partial charge in [0, 0.05) is 28.7 Å². The van der Waals surface area contributed by atoms with Crippen molar-refractivity contribution in [2.45, 2.75) is 209 Å². The molecule has 2 aromatic carbocycles. The summed E-state index contributed by atoms with van der Waals surface area (Å²) in [7, 11) is 0. The summed E-state index contributed by atoms with van der Waals surface area (Å²) in [5.41, 5.74) is 18.8. The highest BCUT2D eigenvalue weighted by molar-refractivity contribution is 6.03. The third-order valence-corrected chi connectivity index (χ3v) is 19.3. The van der Waals surface area contributed by atoms with Gasteiger partial charge >= 0.3 is 5.97 Å². The van der Waals surface area contributed by atoms with Gasteiger partial charge in [0.05, 0.1) is 44.9 Å². The van der Waals surface area contributed by atoms with Gasteiger partial charge in [-0.3, -0.25) is 71.9 Å². The van der Waals surface area contributed by atoms with E-state index in [4.69, 9.17) is 17.2 Å². The van der Waals surface area contributed by atoms with E-state index in [1.54, 1.807) is 50.2 Å². The van der Waals surface area contributed by atoms with Gasteiger partial charge in [-0.05, 0) is 109 Å². The van der Waals surface area contributed by atoms with Crippen LogP contribution in [0, 0.1) is 5.92 Å². The zero-order valence-electron chi connectivity index (χ0n) is 57.8. The van der Waals surface area contributed by atoms with E-state index in [2.05, 4.69) is 53.2 Å². The Morgan fingerprint density at radius 2 is 0.961 bits per heavy atom. The predicted molar refractivity (Wildman–Crippen MR) is 363 cm³/mol. The summed E-state index contributed by atoms with van der Waals surface area (Å²) in [4.78, 5) is 217. The maximum Gasteiger partial charge on any atom is 0.305 e. The van der Waals surface area contributed by atoms with Gasteiger partial charge in [-0.1, -0.05) is 73.5 Å². The number of para-hydroxylation sites is 2. The van der Waals surface area contributed by atoms with E-state index in [0.717, 1.165) is 26.5 Å². The molecule has 0 aromatic heterocycles. The summed E-state index contributed by atoms with van der Waals surface area (Å²) >= 11 is 0. The number of amides is 14. The number of hydrogen-bond acceptors (Lipinski definition) is 19. The number of primary amides is 3. The number of allylic oxidation sites excluding steroid dienone is 4. The molecule has 4 saturated heterocycles. The minimum Gasteiger partial charge on any atom is -0.481 e. The summed E-state index contributed by atoms with van der Waals surface area (Å²) in [6.45, 7) is 9.64. The van der Waals surface area contributed by atoms with Crippen molar-refractivity contribution in [2.75, 3.05) is 30.3 Å². The molecular weight excluding hydrogens is 1330 g/mol. The first-order valence-corrected chi connectivity index (χ1v) is 33.8. The number of aliphatic carboxylic acids is 1. The normalized spacial score (nSPS) is 29.3. The average Bonchev–Trinajstić information content (AvgIpc) is 1.55. The van der Waals surface area contributed by atoms with Gasteiger partial charge in [0.2, 0.25) is 82.7 Å². The predicted octanol–water partition coefficient (Wildman–Crippen LogP) is -3.69. The molecule has 6 heterocycles. The van der Waals surface area contributed by atoms with Crippen molar-refractivity contribution in [2.24, 2.45) is 23.1 Å². The van der Waals surface area contributed by atoms with Crippen LogP contribution in [-0.2, 0) is 82.7 Å². The first kappa shape index (κ1) is 77.2. The molecule has 6 aliphatic rings. The lowest BCUT2D eigenvalue weighted by Gasteiger charge is -2.37. The van der Waals surface area contributed by atoms with E-state index >= 15 is 24.0 Å². The maximum atomic E-state index is 15.9. The molecule has 14 amide bonds. The van der Waals surface area contributed by atoms with E-state index in [-0.39, 0.29) is 57.4 Å². The van der Waals surface area contributed by atoms with Crippen LogP contribution in [0.5, 0.6) is 0 Å². The number of anilines is 2. The largest absolute Gasteiger partial charge is 0.481 e. The summed E-state index contributed by atoms with van der Waals surface area (Å²) in [6, 6.07) is -3.85. The van der Waals surface area contributed by atoms with Crippen LogP contribution in [-0.4, -0.2) is 217 Å². The Kier molecular flexibility index (Phi) is 24.6. The lowest BCUT2D eigenvalue weighted by Crippen LogP contribution is -2.63. The lowest BCUT2D eigenvalue weighted by molar-refractivity contribution is -0.150. The minimum absolute atomic E-state index is 0.0110. The molecule has 8 rings (SSSR count). The van der Waals surface area contributed by atoms with Crippen LogP contribution in [0.4, 0.5) is 11.4 Å². The second kappa shape index (κ2) is 32.4. The third kappa shape index (κ3) is 17.1. The molecule has 6 aliphatic heterocycles. The Balaban J connectivity index is 1.22. The quantitative estimate of drug-likeness (QED) is 0.0720. The fourth-order valence-electron chi connectivity index (χ4n) is 14.5. The first-order chi connectivity index (χ1) is 48.1. The zero-order valence-corrected chi connectivity index (χ0v) is 57.8. The fraction of sp³-hybridized carbons (Fsp3) is 0.544. The van der Waals surface area contributed by atoms with E-state index in [1.165, 1.54) is 11.8 Å². The number of carboxylic acids is 1. The molecule has 19 N–H and O–H groups in total. The second-order valence-corrected chi connectivity index (χ2v) is 27.9. The van der Waals surface area contributed by atoms with E-state index in [0.29, 0.717) is 16.9 Å². The fourth-order valence-corrected chi connectivity index (χ4v) is 14.5. The first-order valence-electron chi connectivity index (χ1n) is 33.8. The number of aliphatic hydroxyl groups is 2. The molecule has 0 spiro atoms. The Morgan fingerprint density at radius 1 is 0.529 bits per heavy atom. The number of benzene rings is 2. The van der Waals surface area contributed by atoms with Crippen LogP contribution in [0.3, 0.4) is 0 Å². The number of aliphatic hydroxyl groups excluding tert-OH is 2. The Hall–Kier alpha value is -10.5. The molecule has 15 atom stereocenters. The van der Waals surface area contributed by atoms with E-state index < -0.39 is 217 Å². The molecule has 4 fully saturated rings. The van der Waals surface area contributed by atoms with Gasteiger partial charge in [-0.2, -0.15) is 0 Å². The van der Waals surface area contributed by atoms with Gasteiger partial charge in [0.1, 0.15) is 72.7 Å². The van der Waals surface area contributed by atoms with Crippen molar-refractivity contribution in [1.82, 2.24) is 57.2 Å². The molecule has 0 radical (unpaired) electrons. The van der Waals surface area contributed by atoms with Crippen LogP contribution in [0.25, 0.3) is 0 Å². The molecule has 0 bridgehead atoms. The number of fused-ring (bicyclic) bond motifs is 11. The third-order valence-electron chi connectivity index (χ3n) is 19.3. The highest BCUT2D eigenvalue weighted by atomic mass is 16.4. The molecular formula is C68H92N16O18. The zero-order chi connectivity index (χ0) is 75.0. The number of nitrogens with two attached hydrogens (primary N) is 3. The molecule has 34 nitrogen and oxygen atoms in total. The maximum absolute atomic E-state index is 15.9. The summed E-state index contributed by atoms with van der Waals surface area (Å²) in [5, 5.41) is 58.0. The van der Waals surface area contributed by atoms with Crippen LogP contribution in [0.15, 0.2) is 71.8 Å². The van der Waals surface area contributed by atoms with Crippen LogP contribution < -0.4 is 70.4 Å². The topological polar surface area (TPSA) is 525 Å². The number of nitrogens with zero attached hydrogens (tertiary/aromatic N) is 3. The Labute approximate surface area is 587 Å². The van der Waals surface area contributed by atoms with Gasteiger partial charge in [0.15, 0.2) is 0 Å². The number of carbonyl (C=O) groups excluding carboxylic acids is 14. The molecule has 0 saturated carbocycles. The lowest BCUT2D eigenvalue weighted by atomic mass is 9.75. The van der Waals surface area contributed by atoms with E-state index in [9.17, 15) is 63.3 Å². The van der Waals surface area contributed by atoms with Crippen molar-refractivity contribution < 1.29 is 87.2 Å². The van der Waals surface area contributed by atoms with Gasteiger partial charge in [-0.25, -0.2) is 0 Å². The van der Waals surface area contributed by atoms with Crippen molar-refractivity contribution >= 4 is 100 Å². The standard InChI is InChI=1S/C68H92N16O18/c1-32(2)18-20-67-28-47-61(99)78-45(31-85)59(97)81-54(35(7)86)64(102)82-22-12-17-46(82)63(101)84-48(29-68(21-19-33(3)4)37-14-9-11-16-39(37)80-66(68)84)60(98)76-40(23-34(5)6)56(94)74-41(24-49(69)87)55(93)72-30-52(90)73-43(27-53(91)92)58(96)75-42(25-50(70)88)57(95)77-44(26-51(71)89)62(100)83(47)65(67)79-38-15-10-8-13-36(38)67/h8-11,13-16,18-19,34-35,40-48,54,65-66,79-80,85-86H,12,17,20-31H2,1-7H3,(H2,69,87)(H2,70,88)(H2,71,89)(H,72,93)(H,73,90)(H,74,94)(H,75,96)(H,76,98)(H,77,95)(H,78,99)(H,81,97)(H,91,92)/t35-,40-,41+,42+,43+,44+,45+,46+,47+,48+,54+,65+,66+,67+,68+/m1/s1. The highest BCUT2D eigenvalue weighted by Gasteiger charge is 2.63. The summed E-state index contributed by atoms with van der Waals surface area (Å²) in [5.74, 6) is -18.1. The van der Waals surface area contributed by atoms with Crippen molar-refractivity contribution in [3.63, 3.8) is 0 Å². The smallest absolute Gasteiger partial charge is 0.305 e. The molecule has 2 aromatic rings. The van der Waals surface area contributed by atoms with Crippen molar-refractivity contribution in [1.29, 1.82) is 0 Å². The van der Waals surface area contributed by atoms with Crippen LogP contribution in [0.1, 0.15) is 130 Å². The summed E-state index contributed by atoms with van der Waals surface area (Å²) in [6.07, 6.45) is -4.11. The number of nitrogens with one attached hydrogen (secondary N) is 10. The van der Waals surface area contributed by atoms with Gasteiger partial charge in [-0.15, -0.1) is 0 Å². The van der Waals surface area contributed by atoms with Crippen LogP contribution in [0.2, 0.25) is 0 Å². The van der Waals surface area contributed by atoms with Crippen molar-refractivity contribution in [3.8, 4) is 0 Å². The summed E-state index contributed by atoms with van der Waals surface area (Å²) < 4.78 is 0. The average molecular weight is 1420 g/mol. The van der Waals surface area contributed by atoms with Gasteiger partial charge < -0.3 is 100 Å². The second-order valence-electron chi connectivity index (χ2n) is 27.9. The molecule has 34 heteroatoms. The minimum atomic E-state index is -2.12. The molecule has 0 unspecified atom stereocenters. The molecule has 102 heavy (non-hydrogen) atoms. The van der Waals surface area contributed by atoms with Gasteiger partial charge in [0.25, 0.3) is 0 Å². The van der Waals surface area contributed by atoms with Crippen LogP contribution >= 0.6 is 0 Å². The Bertz CT molecular complexity index is 3740. The number of carboxylic acid groups (broad SMARTS) is 1. The number of carbonyl (C=O) groups is 15. The highest BCUT2D eigenvalue weighted by Crippen LogP contribution is 2.55. The SMILES string of the molecule is CC(C)=CC[C@@]12C[C@H]3C(=O)N[C@@H](CO)C(=O)N[C@@H]([C@@H](C)O)C(=O)N4CCC[C@H]4C(=O)N4[C@@H](C[C@@]5(CC=C(C)C)c6ccccc6N[C@@H]45)C(=O)N[C@H](CC(C)C)C(=O)N[C@@H](CC(N)=O)C(=O)NCC(=O)N[C@@H](CC(=O)O)C(=O)N[C@@H](CC(N)=O)C(=O)N[C@@H](CC(N)=O)C(=O)N3[C@@H]1Nc1ccccc12. The molecule has 552 valence electrons. The number of hydrogen-bond donors (Lipinski definition) is 16.